The topological polar surface area (TPSA) is 52.1 Å². The van der Waals surface area contributed by atoms with Crippen molar-refractivity contribution in [2.45, 2.75) is 45.7 Å². The van der Waals surface area contributed by atoms with Gasteiger partial charge >= 0.3 is 0 Å². The first-order chi connectivity index (χ1) is 15.0. The lowest BCUT2D eigenvalue weighted by Crippen LogP contribution is -2.52. The van der Waals surface area contributed by atoms with Gasteiger partial charge in [0.25, 0.3) is 0 Å². The van der Waals surface area contributed by atoms with Crippen LogP contribution in [0.1, 0.15) is 39.2 Å². The first kappa shape index (κ1) is 27.3. The second kappa shape index (κ2) is 13.7. The highest BCUT2D eigenvalue weighted by atomic mass is 127. The molecule has 0 amide bonds. The highest BCUT2D eigenvalue weighted by Gasteiger charge is 2.28. The van der Waals surface area contributed by atoms with E-state index in [2.05, 4.69) is 41.2 Å². The average molecular weight is 562 g/mol. The van der Waals surface area contributed by atoms with Gasteiger partial charge in [0.05, 0.1) is 19.8 Å². The first-order valence-electron chi connectivity index (χ1n) is 11.8. The molecule has 6 nitrogen and oxygen atoms in total. The van der Waals surface area contributed by atoms with Gasteiger partial charge in [-0.15, -0.1) is 24.0 Å². The SMILES string of the molecule is CCNC(=NCC(C)(C)N1CCOCC1)NCC1CCN(Cc2ccccc2F)CC1.I. The van der Waals surface area contributed by atoms with Crippen LogP contribution in [0.2, 0.25) is 0 Å². The fraction of sp³-hybridized carbons (Fsp3) is 0.708. The Morgan fingerprint density at radius 1 is 1.12 bits per heavy atom. The molecule has 3 rings (SSSR count). The summed E-state index contributed by atoms with van der Waals surface area (Å²) in [6.07, 6.45) is 2.25. The van der Waals surface area contributed by atoms with Crippen LogP contribution in [-0.4, -0.2) is 80.3 Å². The predicted octanol–water partition coefficient (Wildman–Crippen LogP) is 3.32. The molecule has 0 aromatic heterocycles. The Morgan fingerprint density at radius 3 is 2.47 bits per heavy atom. The molecule has 2 N–H and O–H groups in total. The zero-order valence-corrected chi connectivity index (χ0v) is 22.2. The van der Waals surface area contributed by atoms with Crippen molar-refractivity contribution >= 4 is 29.9 Å². The lowest BCUT2D eigenvalue weighted by Gasteiger charge is -2.40. The molecule has 0 bridgehead atoms. The smallest absolute Gasteiger partial charge is 0.191 e. The zero-order valence-electron chi connectivity index (χ0n) is 19.9. The number of guanidine groups is 1. The number of hydrogen-bond donors (Lipinski definition) is 2. The summed E-state index contributed by atoms with van der Waals surface area (Å²) >= 11 is 0. The molecule has 0 aliphatic carbocycles. The van der Waals surface area contributed by atoms with Gasteiger partial charge in [-0.3, -0.25) is 14.8 Å². The molecule has 2 aliphatic heterocycles. The molecule has 0 unspecified atom stereocenters. The third-order valence-corrected chi connectivity index (χ3v) is 6.45. The van der Waals surface area contributed by atoms with Crippen molar-refractivity contribution in [1.29, 1.82) is 0 Å². The molecule has 8 heteroatoms. The molecular weight excluding hydrogens is 520 g/mol. The van der Waals surface area contributed by atoms with Crippen molar-refractivity contribution in [3.63, 3.8) is 0 Å². The van der Waals surface area contributed by atoms with E-state index in [-0.39, 0.29) is 35.3 Å². The van der Waals surface area contributed by atoms with Gasteiger partial charge in [-0.05, 0) is 58.7 Å². The lowest BCUT2D eigenvalue weighted by atomic mass is 9.96. The first-order valence-corrected chi connectivity index (χ1v) is 11.8. The number of rotatable bonds is 8. The highest BCUT2D eigenvalue weighted by molar-refractivity contribution is 14.0. The van der Waals surface area contributed by atoms with E-state index in [9.17, 15) is 4.39 Å². The molecule has 0 saturated carbocycles. The molecule has 2 aliphatic rings. The summed E-state index contributed by atoms with van der Waals surface area (Å²) in [5.74, 6) is 1.42. The van der Waals surface area contributed by atoms with Gasteiger partial charge in [-0.2, -0.15) is 0 Å². The minimum Gasteiger partial charge on any atom is -0.379 e. The van der Waals surface area contributed by atoms with Crippen molar-refractivity contribution in [3.8, 4) is 0 Å². The summed E-state index contributed by atoms with van der Waals surface area (Å²) in [7, 11) is 0. The quantitative estimate of drug-likeness (QED) is 0.290. The molecule has 2 saturated heterocycles. The Kier molecular flexibility index (Phi) is 11.7. The van der Waals surface area contributed by atoms with E-state index in [1.165, 1.54) is 0 Å². The van der Waals surface area contributed by atoms with Crippen LogP contribution >= 0.6 is 24.0 Å². The number of nitrogens with zero attached hydrogens (tertiary/aromatic N) is 3. The van der Waals surface area contributed by atoms with Crippen molar-refractivity contribution < 1.29 is 9.13 Å². The van der Waals surface area contributed by atoms with Crippen molar-refractivity contribution in [2.75, 3.05) is 59.0 Å². The maximum absolute atomic E-state index is 13.9. The van der Waals surface area contributed by atoms with E-state index in [0.717, 1.165) is 83.4 Å². The predicted molar refractivity (Wildman–Crippen MR) is 140 cm³/mol. The number of piperidine rings is 1. The highest BCUT2D eigenvalue weighted by Crippen LogP contribution is 2.20. The third-order valence-electron chi connectivity index (χ3n) is 6.45. The van der Waals surface area contributed by atoms with Gasteiger partial charge < -0.3 is 15.4 Å². The molecule has 182 valence electrons. The van der Waals surface area contributed by atoms with Crippen LogP contribution < -0.4 is 10.6 Å². The maximum Gasteiger partial charge on any atom is 0.191 e. The second-order valence-electron chi connectivity index (χ2n) is 9.30. The van der Waals surface area contributed by atoms with Crippen molar-refractivity contribution in [1.82, 2.24) is 20.4 Å². The Morgan fingerprint density at radius 2 is 1.81 bits per heavy atom. The lowest BCUT2D eigenvalue weighted by molar-refractivity contribution is -0.00684. The number of ether oxygens (including phenoxy) is 1. The van der Waals surface area contributed by atoms with E-state index in [1.54, 1.807) is 12.1 Å². The number of hydrogen-bond acceptors (Lipinski definition) is 4. The van der Waals surface area contributed by atoms with Crippen LogP contribution in [0.25, 0.3) is 0 Å². The third kappa shape index (κ3) is 8.43. The van der Waals surface area contributed by atoms with Gasteiger partial charge in [-0.1, -0.05) is 18.2 Å². The van der Waals surface area contributed by atoms with Crippen LogP contribution in [0.4, 0.5) is 4.39 Å². The minimum atomic E-state index is -0.0993. The van der Waals surface area contributed by atoms with Crippen LogP contribution in [0.15, 0.2) is 29.3 Å². The molecule has 0 spiro atoms. The number of aliphatic imine (C=N–C) groups is 1. The molecule has 2 heterocycles. The van der Waals surface area contributed by atoms with Gasteiger partial charge in [-0.25, -0.2) is 4.39 Å². The zero-order chi connectivity index (χ0) is 22.1. The van der Waals surface area contributed by atoms with E-state index < -0.39 is 0 Å². The molecule has 0 radical (unpaired) electrons. The fourth-order valence-electron chi connectivity index (χ4n) is 4.34. The van der Waals surface area contributed by atoms with E-state index in [0.29, 0.717) is 12.5 Å². The Labute approximate surface area is 210 Å². The van der Waals surface area contributed by atoms with E-state index in [1.807, 2.05) is 12.1 Å². The number of halogens is 2. The molecule has 32 heavy (non-hydrogen) atoms. The molecule has 1 aromatic carbocycles. The van der Waals surface area contributed by atoms with Crippen LogP contribution in [-0.2, 0) is 11.3 Å². The summed E-state index contributed by atoms with van der Waals surface area (Å²) in [6.45, 7) is 15.4. The summed E-state index contributed by atoms with van der Waals surface area (Å²) < 4.78 is 19.4. The summed E-state index contributed by atoms with van der Waals surface area (Å²) in [5.41, 5.74) is 0.813. The normalized spacial score (nSPS) is 19.4. The average Bonchev–Trinajstić information content (AvgIpc) is 2.79. The Hall–Kier alpha value is -0.970. The van der Waals surface area contributed by atoms with Crippen molar-refractivity contribution in [3.05, 3.63) is 35.6 Å². The molecule has 0 atom stereocenters. The van der Waals surface area contributed by atoms with Crippen LogP contribution in [0, 0.1) is 11.7 Å². The second-order valence-corrected chi connectivity index (χ2v) is 9.30. The molecular formula is C24H41FIN5O. The van der Waals surface area contributed by atoms with Crippen molar-refractivity contribution in [2.24, 2.45) is 10.9 Å². The van der Waals surface area contributed by atoms with Gasteiger partial charge in [0, 0.05) is 43.8 Å². The number of morpholine rings is 1. The molecule has 2 fully saturated rings. The monoisotopic (exact) mass is 561 g/mol. The molecule has 1 aromatic rings. The number of likely N-dealkylation sites (tertiary alicyclic amines) is 1. The summed E-state index contributed by atoms with van der Waals surface area (Å²) in [4.78, 5) is 9.71. The summed E-state index contributed by atoms with van der Waals surface area (Å²) in [5, 5.41) is 6.95. The van der Waals surface area contributed by atoms with E-state index in [4.69, 9.17) is 9.73 Å². The Bertz CT molecular complexity index is 703. The van der Waals surface area contributed by atoms with E-state index >= 15 is 0 Å². The maximum atomic E-state index is 13.9. The Balaban J connectivity index is 0.00000363. The number of benzene rings is 1. The van der Waals surface area contributed by atoms with Crippen LogP contribution in [0.3, 0.4) is 0 Å². The van der Waals surface area contributed by atoms with Gasteiger partial charge in [0.2, 0.25) is 0 Å². The largest absolute Gasteiger partial charge is 0.379 e. The van der Waals surface area contributed by atoms with Gasteiger partial charge in [0.1, 0.15) is 5.82 Å². The minimum absolute atomic E-state index is 0. The fourth-order valence-corrected chi connectivity index (χ4v) is 4.34. The van der Waals surface area contributed by atoms with Crippen LogP contribution in [0.5, 0.6) is 0 Å². The summed E-state index contributed by atoms with van der Waals surface area (Å²) in [6, 6.07) is 7.10. The standard InChI is InChI=1S/C24H40FN5O.HI/c1-4-26-23(28-19-24(2,3)30-13-15-31-16-14-30)27-17-20-9-11-29(12-10-20)18-21-7-5-6-8-22(21)25;/h5-8,20H,4,9-19H2,1-3H3,(H2,26,27,28);1H. The number of nitrogens with one attached hydrogen (secondary N) is 2. The van der Waals surface area contributed by atoms with Gasteiger partial charge in [0.15, 0.2) is 5.96 Å².